The van der Waals surface area contributed by atoms with E-state index in [1.54, 1.807) is 28.9 Å². The van der Waals surface area contributed by atoms with Crippen molar-refractivity contribution >= 4 is 22.3 Å². The number of aryl methyl sites for hydroxylation is 2. The maximum absolute atomic E-state index is 15.1. The van der Waals surface area contributed by atoms with Crippen LogP contribution >= 0.6 is 0 Å². The van der Waals surface area contributed by atoms with Crippen LogP contribution in [-0.4, -0.2) is 99.4 Å². The monoisotopic (exact) mass is 740 g/mol. The molecule has 6 heterocycles. The van der Waals surface area contributed by atoms with Crippen LogP contribution in [0.1, 0.15) is 66.9 Å². The van der Waals surface area contributed by atoms with Gasteiger partial charge in [-0.3, -0.25) is 14.5 Å². The fourth-order valence-corrected chi connectivity index (χ4v) is 9.16. The molecular weight excluding hydrogens is 695 g/mol. The Balaban J connectivity index is 1.17. The zero-order valence-corrected chi connectivity index (χ0v) is 30.3. The lowest BCUT2D eigenvalue weighted by Crippen LogP contribution is -2.43. The van der Waals surface area contributed by atoms with Crippen LogP contribution in [0.4, 0.5) is 33.5 Å². The van der Waals surface area contributed by atoms with E-state index < -0.39 is 23.9 Å². The van der Waals surface area contributed by atoms with Gasteiger partial charge in [0.2, 0.25) is 0 Å². The number of phenolic OH excluding ortho intramolecular Hbond substituents is 1. The van der Waals surface area contributed by atoms with Crippen LogP contribution < -0.4 is 14.5 Å². The Hall–Kier alpha value is -4.24. The van der Waals surface area contributed by atoms with Crippen LogP contribution in [0.5, 0.6) is 11.8 Å². The number of aromatic hydroxyl groups is 1. The summed E-state index contributed by atoms with van der Waals surface area (Å²) in [6, 6.07) is 6.29. The fraction of sp³-hybridized carbons (Fsp3) is 0.553. The van der Waals surface area contributed by atoms with Crippen molar-refractivity contribution in [1.29, 1.82) is 0 Å². The van der Waals surface area contributed by atoms with Crippen molar-refractivity contribution in [3.05, 3.63) is 64.4 Å². The highest BCUT2D eigenvalue weighted by Gasteiger charge is 2.49. The maximum Gasteiger partial charge on any atom is 0.409 e. The molecular formula is C38H45F5N8O2. The van der Waals surface area contributed by atoms with Crippen molar-refractivity contribution in [2.45, 2.75) is 89.0 Å². The highest BCUT2D eigenvalue weighted by Crippen LogP contribution is 2.42. The third kappa shape index (κ3) is 6.53. The number of phenols is 1. The minimum absolute atomic E-state index is 0.0481. The zero-order valence-electron chi connectivity index (χ0n) is 30.3. The predicted octanol–water partition coefficient (Wildman–Crippen LogP) is 6.33. The third-order valence-electron chi connectivity index (χ3n) is 11.5. The first kappa shape index (κ1) is 35.8. The number of ether oxygens (including phenoxy) is 1. The predicted molar refractivity (Wildman–Crippen MR) is 191 cm³/mol. The Kier molecular flexibility index (Phi) is 9.15. The molecule has 3 atom stereocenters. The molecule has 8 rings (SSSR count). The topological polar surface area (TPSA) is 86.0 Å². The minimum Gasteiger partial charge on any atom is -0.508 e. The van der Waals surface area contributed by atoms with E-state index in [4.69, 9.17) is 14.7 Å². The van der Waals surface area contributed by atoms with Gasteiger partial charge in [0.15, 0.2) is 6.04 Å². The molecule has 4 aromatic rings. The first-order chi connectivity index (χ1) is 25.3. The summed E-state index contributed by atoms with van der Waals surface area (Å²) < 4.78 is 80.1. The highest BCUT2D eigenvalue weighted by molar-refractivity contribution is 5.98. The lowest BCUT2D eigenvalue weighted by atomic mass is 9.95. The number of halogens is 5. The molecule has 0 bridgehead atoms. The lowest BCUT2D eigenvalue weighted by Gasteiger charge is -2.35. The third-order valence-corrected chi connectivity index (χ3v) is 11.5. The average Bonchev–Trinajstić information content (AvgIpc) is 3.72. The van der Waals surface area contributed by atoms with Crippen molar-refractivity contribution in [1.82, 2.24) is 29.5 Å². The molecule has 2 aromatic carbocycles. The molecule has 2 saturated heterocycles. The summed E-state index contributed by atoms with van der Waals surface area (Å²) in [4.78, 5) is 17.4. The number of anilines is 2. The SMILES string of the molecule is CCc1c(F)ccc2cc(O)cc(N3CCc4c(nc(OC[C@@]56CCCN5C[C@H](F)C6)nc4N4CCCn5nc(C(N(C)C)C(F)(F)F)cc5C4)C3)c12. The Morgan fingerprint density at radius 1 is 1.04 bits per heavy atom. The van der Waals surface area contributed by atoms with Crippen molar-refractivity contribution in [2.24, 2.45) is 0 Å². The van der Waals surface area contributed by atoms with E-state index >= 15 is 4.39 Å². The molecule has 0 aliphatic carbocycles. The van der Waals surface area contributed by atoms with Crippen molar-refractivity contribution < 1.29 is 31.8 Å². The molecule has 1 unspecified atom stereocenters. The summed E-state index contributed by atoms with van der Waals surface area (Å²) in [5.74, 6) is 0.422. The summed E-state index contributed by atoms with van der Waals surface area (Å²) in [7, 11) is 2.80. The number of benzene rings is 2. The smallest absolute Gasteiger partial charge is 0.409 e. The molecule has 1 N–H and O–H groups in total. The Bertz CT molecular complexity index is 2020. The van der Waals surface area contributed by atoms with Crippen molar-refractivity contribution in [3.8, 4) is 11.8 Å². The molecule has 15 heteroatoms. The number of hydrogen-bond donors (Lipinski definition) is 1. The normalized spacial score (nSPS) is 22.6. The van der Waals surface area contributed by atoms with Gasteiger partial charge in [0.05, 0.1) is 35.7 Å². The van der Waals surface area contributed by atoms with Gasteiger partial charge in [0.1, 0.15) is 30.2 Å². The van der Waals surface area contributed by atoms with Crippen molar-refractivity contribution in [3.63, 3.8) is 0 Å². The first-order valence-corrected chi connectivity index (χ1v) is 18.5. The van der Waals surface area contributed by atoms with Crippen LogP contribution in [0.2, 0.25) is 0 Å². The largest absolute Gasteiger partial charge is 0.508 e. The van der Waals surface area contributed by atoms with Gasteiger partial charge >= 0.3 is 12.2 Å². The fourth-order valence-electron chi connectivity index (χ4n) is 9.16. The standard InChI is InChI=1S/C38H45F5N8O2/c1-4-27-29(40)8-7-23-15-26(52)17-32(33(23)27)48-14-9-28-31(21-48)44-36(53-22-37-10-5-12-50(37)19-24(39)18-37)45-35(28)49-11-6-13-51-25(20-49)16-30(46-51)34(47(2)3)38(41,42)43/h7-8,15-17,24,34,52H,4-6,9-14,18-22H2,1-3H3/t24-,34?,37+/m1/s1. The average molecular weight is 741 g/mol. The highest BCUT2D eigenvalue weighted by atomic mass is 19.4. The second-order valence-electron chi connectivity index (χ2n) is 15.2. The van der Waals surface area contributed by atoms with Crippen molar-refractivity contribution in [2.75, 3.05) is 56.7 Å². The molecule has 53 heavy (non-hydrogen) atoms. The molecule has 2 fully saturated rings. The second-order valence-corrected chi connectivity index (χ2v) is 15.2. The number of alkyl halides is 4. The maximum atomic E-state index is 15.1. The molecule has 284 valence electrons. The van der Waals surface area contributed by atoms with E-state index in [1.807, 2.05) is 6.92 Å². The number of hydrogen-bond acceptors (Lipinski definition) is 9. The summed E-state index contributed by atoms with van der Waals surface area (Å²) in [6.07, 6.45) is -1.60. The number of fused-ring (bicyclic) bond motifs is 4. The van der Waals surface area contributed by atoms with Gasteiger partial charge < -0.3 is 19.6 Å². The van der Waals surface area contributed by atoms with E-state index in [-0.39, 0.29) is 36.4 Å². The van der Waals surface area contributed by atoms with E-state index in [0.29, 0.717) is 86.9 Å². The van der Waals surface area contributed by atoms with Crippen LogP contribution in [0.15, 0.2) is 30.3 Å². The Morgan fingerprint density at radius 3 is 2.64 bits per heavy atom. The number of aromatic nitrogens is 4. The van der Waals surface area contributed by atoms with Gasteiger partial charge in [0.25, 0.3) is 0 Å². The Morgan fingerprint density at radius 2 is 1.87 bits per heavy atom. The quantitative estimate of drug-likeness (QED) is 0.209. The molecule has 0 spiro atoms. The summed E-state index contributed by atoms with van der Waals surface area (Å²) >= 11 is 0. The summed E-state index contributed by atoms with van der Waals surface area (Å²) in [5, 5.41) is 16.6. The zero-order chi connectivity index (χ0) is 37.2. The van der Waals surface area contributed by atoms with Crippen LogP contribution in [0.3, 0.4) is 0 Å². The van der Waals surface area contributed by atoms with Gasteiger partial charge in [-0.2, -0.15) is 28.2 Å². The van der Waals surface area contributed by atoms with Crippen LogP contribution in [-0.2, 0) is 32.5 Å². The van der Waals surface area contributed by atoms with Gasteiger partial charge in [-0.15, -0.1) is 0 Å². The minimum atomic E-state index is -4.49. The lowest BCUT2D eigenvalue weighted by molar-refractivity contribution is -0.180. The van der Waals surface area contributed by atoms with E-state index in [1.165, 1.54) is 20.2 Å². The Labute approximate surface area is 305 Å². The number of rotatable bonds is 8. The molecule has 0 saturated carbocycles. The summed E-state index contributed by atoms with van der Waals surface area (Å²) in [5.41, 5.74) is 3.08. The molecule has 0 amide bonds. The summed E-state index contributed by atoms with van der Waals surface area (Å²) in [6.45, 7) is 5.54. The van der Waals surface area contributed by atoms with Gasteiger partial charge in [-0.1, -0.05) is 13.0 Å². The second kappa shape index (κ2) is 13.6. The number of nitrogens with zero attached hydrogens (tertiary/aromatic N) is 8. The van der Waals surface area contributed by atoms with E-state index in [0.717, 1.165) is 40.6 Å². The molecule has 2 aromatic heterocycles. The van der Waals surface area contributed by atoms with Gasteiger partial charge in [-0.25, -0.2) is 8.78 Å². The molecule has 4 aliphatic heterocycles. The van der Waals surface area contributed by atoms with Gasteiger partial charge in [0, 0.05) is 55.3 Å². The molecule has 10 nitrogen and oxygen atoms in total. The van der Waals surface area contributed by atoms with E-state index in [2.05, 4.69) is 19.8 Å². The van der Waals surface area contributed by atoms with E-state index in [9.17, 15) is 22.7 Å². The molecule has 0 radical (unpaired) electrons. The first-order valence-electron chi connectivity index (χ1n) is 18.5. The van der Waals surface area contributed by atoms with Crippen LogP contribution in [0, 0.1) is 5.82 Å². The molecule has 4 aliphatic rings. The van der Waals surface area contributed by atoms with Gasteiger partial charge in [-0.05, 0) is 81.9 Å². The van der Waals surface area contributed by atoms with Crippen LogP contribution in [0.25, 0.3) is 10.8 Å².